The van der Waals surface area contributed by atoms with Crippen LogP contribution in [0.2, 0.25) is 0 Å². The molecule has 2 aliphatic rings. The Hall–Kier alpha value is -1.96. The van der Waals surface area contributed by atoms with Crippen LogP contribution < -0.4 is 10.2 Å². The van der Waals surface area contributed by atoms with Gasteiger partial charge in [0.25, 0.3) is 6.01 Å². The van der Waals surface area contributed by atoms with Gasteiger partial charge in [-0.25, -0.2) is 4.98 Å². The second-order valence-corrected chi connectivity index (χ2v) is 8.38. The maximum Gasteiger partial charge on any atom is 0.298 e. The Labute approximate surface area is 162 Å². The zero-order valence-electron chi connectivity index (χ0n) is 15.6. The van der Waals surface area contributed by atoms with Gasteiger partial charge >= 0.3 is 0 Å². The fourth-order valence-electron chi connectivity index (χ4n) is 4.29. The summed E-state index contributed by atoms with van der Waals surface area (Å²) < 4.78 is 11.9. The molecule has 1 N–H and O–H groups in total. The Morgan fingerprint density at radius 2 is 2.11 bits per heavy atom. The number of rotatable bonds is 4. The molecule has 4 heterocycles. The number of nitrogens with one attached hydrogen (secondary N) is 1. The van der Waals surface area contributed by atoms with E-state index < -0.39 is 0 Å². The molecule has 2 aromatic heterocycles. The number of ether oxygens (including phenoxy) is 1. The number of piperidine rings is 1. The van der Waals surface area contributed by atoms with Gasteiger partial charge in [-0.05, 0) is 25.8 Å². The van der Waals surface area contributed by atoms with Crippen LogP contribution in [-0.2, 0) is 4.74 Å². The molecule has 3 aromatic rings. The van der Waals surface area contributed by atoms with E-state index in [9.17, 15) is 0 Å². The molecule has 2 saturated heterocycles. The first kappa shape index (κ1) is 17.2. The van der Waals surface area contributed by atoms with Gasteiger partial charge in [-0.2, -0.15) is 4.98 Å². The van der Waals surface area contributed by atoms with Crippen LogP contribution in [0, 0.1) is 0 Å². The highest BCUT2D eigenvalue weighted by Crippen LogP contribution is 2.37. The number of hydrogen-bond donors (Lipinski definition) is 1. The molecular weight excluding hydrogens is 360 g/mol. The minimum absolute atomic E-state index is 0.0433. The number of fused-ring (bicyclic) bond motifs is 3. The number of hydrogen-bond acceptors (Lipinski definition) is 7. The Morgan fingerprint density at radius 3 is 2.81 bits per heavy atom. The maximum absolute atomic E-state index is 6.36. The zero-order valence-corrected chi connectivity index (χ0v) is 16.5. The third-order valence-corrected chi connectivity index (χ3v) is 6.55. The highest BCUT2D eigenvalue weighted by Gasteiger charge is 2.32. The summed E-state index contributed by atoms with van der Waals surface area (Å²) in [7, 11) is 1.73. The summed E-state index contributed by atoms with van der Waals surface area (Å²) in [6.45, 7) is 3.94. The van der Waals surface area contributed by atoms with E-state index in [1.807, 2.05) is 18.5 Å². The summed E-state index contributed by atoms with van der Waals surface area (Å²) in [6, 6.07) is 5.95. The summed E-state index contributed by atoms with van der Waals surface area (Å²) in [6.07, 6.45) is 5.55. The Morgan fingerprint density at radius 1 is 1.30 bits per heavy atom. The summed E-state index contributed by atoms with van der Waals surface area (Å²) in [4.78, 5) is 11.7. The smallest absolute Gasteiger partial charge is 0.298 e. The van der Waals surface area contributed by atoms with Crippen LogP contribution in [0.1, 0.15) is 37.9 Å². The first-order valence-electron chi connectivity index (χ1n) is 9.60. The normalized spacial score (nSPS) is 23.7. The Balaban J connectivity index is 1.61. The van der Waals surface area contributed by atoms with Crippen molar-refractivity contribution in [3.05, 3.63) is 29.3 Å². The van der Waals surface area contributed by atoms with Crippen molar-refractivity contribution in [3.8, 4) is 10.6 Å². The lowest BCUT2D eigenvalue weighted by molar-refractivity contribution is 0.120. The molecule has 6 nitrogen and oxygen atoms in total. The average molecular weight is 385 g/mol. The van der Waals surface area contributed by atoms with E-state index in [1.165, 1.54) is 19.3 Å². The fraction of sp³-hybridized carbons (Fsp3) is 0.500. The summed E-state index contributed by atoms with van der Waals surface area (Å²) in [5.41, 5.74) is 3.75. The number of methoxy groups -OCH3 is 1. The van der Waals surface area contributed by atoms with Crippen molar-refractivity contribution in [1.29, 1.82) is 0 Å². The molecular formula is C20H24N4O2S. The monoisotopic (exact) mass is 384 g/mol. The van der Waals surface area contributed by atoms with Crippen LogP contribution in [0.25, 0.3) is 21.7 Å². The standard InChI is InChI=1S/C20H24N4O2S/c1-12(25-2)15-6-7-16(19-21-8-9-27-19)18-17(15)23-20(26-18)24-10-13-4-3-5-14(11-24)22-13/h6-9,12-14,22H,3-5,10-11H2,1-2H3. The molecule has 0 aliphatic carbocycles. The third-order valence-electron chi connectivity index (χ3n) is 5.75. The Bertz CT molecular complexity index is 927. The van der Waals surface area contributed by atoms with Gasteiger partial charge in [0.15, 0.2) is 5.58 Å². The molecule has 142 valence electrons. The number of nitrogens with zero attached hydrogens (tertiary/aromatic N) is 3. The molecule has 3 atom stereocenters. The third kappa shape index (κ3) is 3.03. The van der Waals surface area contributed by atoms with Crippen molar-refractivity contribution in [2.24, 2.45) is 0 Å². The predicted molar refractivity (Wildman–Crippen MR) is 107 cm³/mol. The predicted octanol–water partition coefficient (Wildman–Crippen LogP) is 3.99. The SMILES string of the molecule is COC(C)c1ccc(-c2nccs2)c2oc(N3CC4CCCC(C3)N4)nc12. The van der Waals surface area contributed by atoms with E-state index in [0.717, 1.165) is 46.3 Å². The van der Waals surface area contributed by atoms with E-state index >= 15 is 0 Å². The second kappa shape index (κ2) is 6.89. The Kier molecular flexibility index (Phi) is 4.38. The van der Waals surface area contributed by atoms with Crippen LogP contribution in [-0.4, -0.2) is 42.3 Å². The molecule has 0 amide bonds. The van der Waals surface area contributed by atoms with Crippen molar-refractivity contribution in [2.75, 3.05) is 25.1 Å². The van der Waals surface area contributed by atoms with Crippen molar-refractivity contribution in [1.82, 2.24) is 15.3 Å². The summed E-state index contributed by atoms with van der Waals surface area (Å²) in [5.74, 6) is 0. The molecule has 1 aromatic carbocycles. The van der Waals surface area contributed by atoms with Crippen LogP contribution in [0.4, 0.5) is 6.01 Å². The fourth-order valence-corrected chi connectivity index (χ4v) is 4.95. The van der Waals surface area contributed by atoms with Crippen molar-refractivity contribution in [2.45, 2.75) is 44.4 Å². The van der Waals surface area contributed by atoms with E-state index in [1.54, 1.807) is 18.4 Å². The highest BCUT2D eigenvalue weighted by atomic mass is 32.1. The first-order chi connectivity index (χ1) is 13.2. The molecule has 3 unspecified atom stereocenters. The van der Waals surface area contributed by atoms with Crippen LogP contribution in [0.3, 0.4) is 0 Å². The second-order valence-electron chi connectivity index (χ2n) is 7.49. The number of aromatic nitrogens is 2. The topological polar surface area (TPSA) is 63.4 Å². The number of thiazole rings is 1. The summed E-state index contributed by atoms with van der Waals surface area (Å²) in [5, 5.41) is 6.66. The maximum atomic E-state index is 6.36. The van der Waals surface area contributed by atoms with Gasteiger partial charge < -0.3 is 19.4 Å². The van der Waals surface area contributed by atoms with Crippen LogP contribution >= 0.6 is 11.3 Å². The molecule has 2 bridgehead atoms. The van der Waals surface area contributed by atoms with Gasteiger partial charge in [0, 0.05) is 49.4 Å². The van der Waals surface area contributed by atoms with Gasteiger partial charge in [0.05, 0.1) is 11.7 Å². The van der Waals surface area contributed by atoms with Crippen molar-refractivity contribution in [3.63, 3.8) is 0 Å². The molecule has 7 heteroatoms. The number of oxazole rings is 1. The van der Waals surface area contributed by atoms with Gasteiger partial charge in [0.2, 0.25) is 0 Å². The lowest BCUT2D eigenvalue weighted by Gasteiger charge is -2.41. The zero-order chi connectivity index (χ0) is 18.4. The van der Waals surface area contributed by atoms with E-state index in [0.29, 0.717) is 12.1 Å². The van der Waals surface area contributed by atoms with Crippen LogP contribution in [0.15, 0.2) is 28.1 Å². The quantitative estimate of drug-likeness (QED) is 0.734. The molecule has 0 radical (unpaired) electrons. The molecule has 0 spiro atoms. The largest absolute Gasteiger partial charge is 0.423 e. The van der Waals surface area contributed by atoms with Gasteiger partial charge in [0.1, 0.15) is 10.5 Å². The average Bonchev–Trinajstić information content (AvgIpc) is 3.36. The molecule has 5 rings (SSSR count). The van der Waals surface area contributed by atoms with Gasteiger partial charge in [-0.1, -0.05) is 12.5 Å². The lowest BCUT2D eigenvalue weighted by Crippen LogP contribution is -2.58. The van der Waals surface area contributed by atoms with Crippen molar-refractivity contribution < 1.29 is 9.15 Å². The number of piperazine rings is 1. The molecule has 0 saturated carbocycles. The van der Waals surface area contributed by atoms with E-state index in [4.69, 9.17) is 14.1 Å². The number of benzene rings is 1. The van der Waals surface area contributed by atoms with E-state index in [2.05, 4.69) is 27.3 Å². The molecule has 27 heavy (non-hydrogen) atoms. The molecule has 2 aliphatic heterocycles. The lowest BCUT2D eigenvalue weighted by atomic mass is 9.94. The van der Waals surface area contributed by atoms with E-state index in [-0.39, 0.29) is 6.10 Å². The summed E-state index contributed by atoms with van der Waals surface area (Å²) >= 11 is 1.62. The molecule has 2 fully saturated rings. The van der Waals surface area contributed by atoms with Gasteiger partial charge in [-0.3, -0.25) is 0 Å². The van der Waals surface area contributed by atoms with Crippen molar-refractivity contribution >= 4 is 28.5 Å². The number of anilines is 1. The van der Waals surface area contributed by atoms with Crippen LogP contribution in [0.5, 0.6) is 0 Å². The minimum Gasteiger partial charge on any atom is -0.423 e. The minimum atomic E-state index is -0.0433. The first-order valence-corrected chi connectivity index (χ1v) is 10.5. The highest BCUT2D eigenvalue weighted by molar-refractivity contribution is 7.13. The van der Waals surface area contributed by atoms with Gasteiger partial charge in [-0.15, -0.1) is 11.3 Å².